The zero-order chi connectivity index (χ0) is 17.1. The number of likely N-dealkylation sites (tertiary alicyclic amines) is 2. The van der Waals surface area contributed by atoms with Crippen LogP contribution in [0.25, 0.3) is 0 Å². The number of nitrogens with zero attached hydrogens (tertiary/aromatic N) is 4. The Kier molecular flexibility index (Phi) is 4.78. The van der Waals surface area contributed by atoms with Gasteiger partial charge in [0.15, 0.2) is 0 Å². The number of hydrogen-bond donors (Lipinski definition) is 1. The van der Waals surface area contributed by atoms with Gasteiger partial charge < -0.3 is 9.88 Å². The Labute approximate surface area is 148 Å². The molecule has 0 aliphatic carbocycles. The van der Waals surface area contributed by atoms with Gasteiger partial charge in [-0.1, -0.05) is 0 Å². The highest BCUT2D eigenvalue weighted by Gasteiger charge is 2.38. The molecule has 2 atom stereocenters. The number of pyridine rings is 1. The monoisotopic (exact) mass is 339 g/mol. The van der Waals surface area contributed by atoms with Crippen LogP contribution in [0, 0.1) is 5.92 Å². The lowest BCUT2D eigenvalue weighted by Crippen LogP contribution is -2.56. The van der Waals surface area contributed by atoms with Crippen LogP contribution in [0.15, 0.2) is 37.1 Å². The molecule has 0 aromatic carbocycles. The summed E-state index contributed by atoms with van der Waals surface area (Å²) in [4.78, 5) is 28.4. The van der Waals surface area contributed by atoms with Crippen molar-refractivity contribution in [2.24, 2.45) is 5.92 Å². The Morgan fingerprint density at radius 3 is 2.88 bits per heavy atom. The zero-order valence-corrected chi connectivity index (χ0v) is 14.5. The van der Waals surface area contributed by atoms with E-state index in [9.17, 15) is 4.79 Å². The molecule has 2 aromatic rings. The maximum absolute atomic E-state index is 12.5. The summed E-state index contributed by atoms with van der Waals surface area (Å²) < 4.78 is 0. The van der Waals surface area contributed by atoms with E-state index in [0.29, 0.717) is 24.3 Å². The van der Waals surface area contributed by atoms with Gasteiger partial charge in [0.25, 0.3) is 0 Å². The first kappa shape index (κ1) is 16.3. The van der Waals surface area contributed by atoms with Gasteiger partial charge in [-0.15, -0.1) is 0 Å². The van der Waals surface area contributed by atoms with Gasteiger partial charge in [-0.2, -0.15) is 0 Å². The topological polar surface area (TPSA) is 65.1 Å². The Balaban J connectivity index is 1.37. The van der Waals surface area contributed by atoms with Crippen molar-refractivity contribution in [2.75, 3.05) is 19.6 Å². The lowest BCUT2D eigenvalue weighted by atomic mass is 9.83. The van der Waals surface area contributed by atoms with E-state index >= 15 is 0 Å². The molecule has 132 valence electrons. The average Bonchev–Trinajstić information content (AvgIpc) is 3.15. The lowest BCUT2D eigenvalue weighted by molar-refractivity contribution is -0.141. The normalized spacial score (nSPS) is 24.3. The number of piperidine rings is 2. The van der Waals surface area contributed by atoms with Gasteiger partial charge in [-0.3, -0.25) is 14.7 Å². The third-order valence-corrected chi connectivity index (χ3v) is 5.56. The molecular formula is C19H25N5O. The van der Waals surface area contributed by atoms with Crippen LogP contribution in [-0.2, 0) is 17.8 Å². The van der Waals surface area contributed by atoms with Gasteiger partial charge in [-0.25, -0.2) is 4.98 Å². The SMILES string of the molecule is O=C1CC[C@H]2CN(Cc3ccncc3)CC[C@H]2N1CCc1cnc[nH]1. The molecule has 0 radical (unpaired) electrons. The predicted octanol–water partition coefficient (Wildman–Crippen LogP) is 1.86. The van der Waals surface area contributed by atoms with Crippen molar-refractivity contribution in [2.45, 2.75) is 38.3 Å². The van der Waals surface area contributed by atoms with Crippen molar-refractivity contribution < 1.29 is 4.79 Å². The lowest BCUT2D eigenvalue weighted by Gasteiger charge is -2.47. The van der Waals surface area contributed by atoms with Gasteiger partial charge in [0.05, 0.1) is 6.33 Å². The number of rotatable bonds is 5. The Morgan fingerprint density at radius 1 is 1.20 bits per heavy atom. The number of aromatic nitrogens is 3. The molecule has 2 aromatic heterocycles. The summed E-state index contributed by atoms with van der Waals surface area (Å²) in [6, 6.07) is 4.58. The summed E-state index contributed by atoms with van der Waals surface area (Å²) in [6.07, 6.45) is 10.9. The first-order valence-electron chi connectivity index (χ1n) is 9.17. The zero-order valence-electron chi connectivity index (χ0n) is 14.5. The molecule has 4 rings (SSSR count). The second-order valence-electron chi connectivity index (χ2n) is 7.16. The summed E-state index contributed by atoms with van der Waals surface area (Å²) >= 11 is 0. The van der Waals surface area contributed by atoms with E-state index in [1.807, 2.05) is 18.6 Å². The Morgan fingerprint density at radius 2 is 2.08 bits per heavy atom. The molecule has 0 unspecified atom stereocenters. The predicted molar refractivity (Wildman–Crippen MR) is 94.6 cm³/mol. The molecule has 2 aliphatic rings. The van der Waals surface area contributed by atoms with E-state index in [2.05, 4.69) is 36.9 Å². The molecule has 2 fully saturated rings. The fraction of sp³-hybridized carbons (Fsp3) is 0.526. The van der Waals surface area contributed by atoms with Crippen molar-refractivity contribution in [1.29, 1.82) is 0 Å². The minimum Gasteiger partial charge on any atom is -0.348 e. The van der Waals surface area contributed by atoms with Crippen LogP contribution in [-0.4, -0.2) is 56.3 Å². The standard InChI is InChI=1S/C19H25N5O/c25-19-2-1-16-13-23(12-15-3-7-20-8-4-15)9-6-18(16)24(19)10-5-17-11-21-14-22-17/h3-4,7-8,11,14,16,18H,1-2,5-6,9-10,12-13H2,(H,21,22)/t16-,18+/m0/s1. The molecular weight excluding hydrogens is 314 g/mol. The third-order valence-electron chi connectivity index (χ3n) is 5.56. The fourth-order valence-electron chi connectivity index (χ4n) is 4.27. The molecule has 0 spiro atoms. The quantitative estimate of drug-likeness (QED) is 0.903. The minimum atomic E-state index is 0.323. The molecule has 1 amide bonds. The number of H-pyrrole nitrogens is 1. The highest BCUT2D eigenvalue weighted by atomic mass is 16.2. The van der Waals surface area contributed by atoms with Crippen molar-refractivity contribution in [3.8, 4) is 0 Å². The first-order valence-corrected chi connectivity index (χ1v) is 9.17. The van der Waals surface area contributed by atoms with Crippen molar-refractivity contribution in [3.05, 3.63) is 48.3 Å². The Bertz CT molecular complexity index is 687. The van der Waals surface area contributed by atoms with Crippen molar-refractivity contribution >= 4 is 5.91 Å². The Hall–Kier alpha value is -2.21. The summed E-state index contributed by atoms with van der Waals surface area (Å²) in [5, 5.41) is 0. The largest absolute Gasteiger partial charge is 0.348 e. The van der Waals surface area contributed by atoms with Crippen molar-refractivity contribution in [1.82, 2.24) is 24.8 Å². The molecule has 2 saturated heterocycles. The maximum Gasteiger partial charge on any atom is 0.222 e. The smallest absolute Gasteiger partial charge is 0.222 e. The number of aromatic amines is 1. The summed E-state index contributed by atoms with van der Waals surface area (Å²) in [5.74, 6) is 0.915. The molecule has 25 heavy (non-hydrogen) atoms. The van der Waals surface area contributed by atoms with Crippen LogP contribution < -0.4 is 0 Å². The van der Waals surface area contributed by atoms with Gasteiger partial charge >= 0.3 is 0 Å². The van der Waals surface area contributed by atoms with Gasteiger partial charge in [0.2, 0.25) is 5.91 Å². The van der Waals surface area contributed by atoms with Crippen LogP contribution in [0.1, 0.15) is 30.5 Å². The molecule has 1 N–H and O–H groups in total. The number of carbonyl (C=O) groups is 1. The van der Waals surface area contributed by atoms with E-state index < -0.39 is 0 Å². The fourth-order valence-corrected chi connectivity index (χ4v) is 4.27. The van der Waals surface area contributed by atoms with Crippen molar-refractivity contribution in [3.63, 3.8) is 0 Å². The molecule has 6 nitrogen and oxygen atoms in total. The number of amides is 1. The second kappa shape index (κ2) is 7.35. The van der Waals surface area contributed by atoms with Gasteiger partial charge in [-0.05, 0) is 36.5 Å². The summed E-state index contributed by atoms with van der Waals surface area (Å²) in [5.41, 5.74) is 2.42. The van der Waals surface area contributed by atoms with E-state index in [-0.39, 0.29) is 0 Å². The summed E-state index contributed by atoms with van der Waals surface area (Å²) in [7, 11) is 0. The van der Waals surface area contributed by atoms with E-state index in [0.717, 1.165) is 51.1 Å². The number of nitrogens with one attached hydrogen (secondary N) is 1. The molecule has 0 saturated carbocycles. The van der Waals surface area contributed by atoms with Crippen LogP contribution in [0.3, 0.4) is 0 Å². The van der Waals surface area contributed by atoms with Gasteiger partial charge in [0.1, 0.15) is 0 Å². The highest BCUT2D eigenvalue weighted by molar-refractivity contribution is 5.77. The number of hydrogen-bond acceptors (Lipinski definition) is 4. The highest BCUT2D eigenvalue weighted by Crippen LogP contribution is 2.32. The first-order chi connectivity index (χ1) is 12.3. The number of carbonyl (C=O) groups excluding carboxylic acids is 1. The van der Waals surface area contributed by atoms with Crippen LogP contribution >= 0.6 is 0 Å². The number of fused-ring (bicyclic) bond motifs is 1. The van der Waals surface area contributed by atoms with E-state index in [1.165, 1.54) is 5.56 Å². The molecule has 6 heteroatoms. The van der Waals surface area contributed by atoms with Crippen LogP contribution in [0.5, 0.6) is 0 Å². The van der Waals surface area contributed by atoms with Gasteiger partial charge in [0, 0.05) is 69.3 Å². The van der Waals surface area contributed by atoms with E-state index in [1.54, 1.807) is 6.33 Å². The molecule has 0 bridgehead atoms. The molecule has 2 aliphatic heterocycles. The maximum atomic E-state index is 12.5. The number of imidazole rings is 1. The van der Waals surface area contributed by atoms with Crippen LogP contribution in [0.2, 0.25) is 0 Å². The molecule has 4 heterocycles. The third kappa shape index (κ3) is 3.74. The second-order valence-corrected chi connectivity index (χ2v) is 7.16. The van der Waals surface area contributed by atoms with Crippen LogP contribution in [0.4, 0.5) is 0 Å². The summed E-state index contributed by atoms with van der Waals surface area (Å²) in [6.45, 7) is 3.92. The minimum absolute atomic E-state index is 0.323. The van der Waals surface area contributed by atoms with E-state index in [4.69, 9.17) is 0 Å². The average molecular weight is 339 g/mol.